The lowest BCUT2D eigenvalue weighted by atomic mass is 9.98. The summed E-state index contributed by atoms with van der Waals surface area (Å²) in [5, 5.41) is 7.97. The molecule has 0 radical (unpaired) electrons. The molecule has 0 spiro atoms. The Balaban J connectivity index is 1.60. The van der Waals surface area contributed by atoms with Crippen LogP contribution in [0.4, 0.5) is 5.69 Å². The highest BCUT2D eigenvalue weighted by molar-refractivity contribution is 5.50. The van der Waals surface area contributed by atoms with Gasteiger partial charge in [-0.15, -0.1) is 0 Å². The van der Waals surface area contributed by atoms with Crippen LogP contribution in [0, 0.1) is 5.92 Å². The molecule has 0 aromatic carbocycles. The second kappa shape index (κ2) is 7.77. The van der Waals surface area contributed by atoms with Crippen LogP contribution in [0.1, 0.15) is 30.7 Å². The van der Waals surface area contributed by atoms with Gasteiger partial charge in [-0.3, -0.25) is 9.67 Å². The van der Waals surface area contributed by atoms with Crippen LogP contribution < -0.4 is 10.2 Å². The van der Waals surface area contributed by atoms with Gasteiger partial charge in [0, 0.05) is 76.1 Å². The van der Waals surface area contributed by atoms with E-state index < -0.39 is 0 Å². The number of pyridine rings is 1. The molecule has 1 aliphatic heterocycles. The maximum atomic E-state index is 6.00. The monoisotopic (exact) mass is 329 g/mol. The van der Waals surface area contributed by atoms with E-state index in [9.17, 15) is 0 Å². The lowest BCUT2D eigenvalue weighted by Crippen LogP contribution is -2.26. The SMILES string of the molecule is CCn1nccc1[C@@H]1OCC[C@H]1CNCc1cnccc1N(C)C. The van der Waals surface area contributed by atoms with Gasteiger partial charge in [-0.2, -0.15) is 5.10 Å². The molecule has 0 aliphatic carbocycles. The van der Waals surface area contributed by atoms with Crippen LogP contribution in [0.3, 0.4) is 0 Å². The molecule has 0 saturated carbocycles. The minimum Gasteiger partial charge on any atom is -0.377 e. The molecule has 6 nitrogen and oxygen atoms in total. The third kappa shape index (κ3) is 3.60. The van der Waals surface area contributed by atoms with Crippen molar-refractivity contribution in [2.24, 2.45) is 5.92 Å². The first-order chi connectivity index (χ1) is 11.7. The van der Waals surface area contributed by atoms with Gasteiger partial charge in [0.1, 0.15) is 6.10 Å². The van der Waals surface area contributed by atoms with Crippen molar-refractivity contribution >= 4 is 5.69 Å². The van der Waals surface area contributed by atoms with E-state index in [4.69, 9.17) is 4.74 Å². The van der Waals surface area contributed by atoms with E-state index >= 15 is 0 Å². The largest absolute Gasteiger partial charge is 0.377 e. The normalized spacial score (nSPS) is 20.5. The second-order valence-corrected chi connectivity index (χ2v) is 6.44. The Bertz CT molecular complexity index is 654. The Kier molecular flexibility index (Phi) is 5.48. The van der Waals surface area contributed by atoms with E-state index in [1.807, 2.05) is 23.3 Å². The van der Waals surface area contributed by atoms with E-state index in [0.29, 0.717) is 5.92 Å². The molecule has 130 valence electrons. The van der Waals surface area contributed by atoms with Gasteiger partial charge in [-0.05, 0) is 25.5 Å². The van der Waals surface area contributed by atoms with E-state index in [1.54, 1.807) is 0 Å². The standard InChI is InChI=1S/C18H27N5O/c1-4-23-17(6-9-21-23)18-14(7-10-24-18)11-20-13-15-12-19-8-5-16(15)22(2)3/h5-6,8-9,12,14,18,20H,4,7,10-11,13H2,1-3H3/t14-,18+/m0/s1. The number of aryl methyl sites for hydroxylation is 1. The van der Waals surface area contributed by atoms with Crippen molar-refractivity contribution < 1.29 is 4.74 Å². The minimum absolute atomic E-state index is 0.141. The van der Waals surface area contributed by atoms with Crippen molar-refractivity contribution in [2.75, 3.05) is 32.1 Å². The average Bonchev–Trinajstić information content (AvgIpc) is 3.23. The van der Waals surface area contributed by atoms with Crippen LogP contribution in [-0.2, 0) is 17.8 Å². The molecule has 2 atom stereocenters. The molecule has 3 rings (SSSR count). The number of ether oxygens (including phenoxy) is 1. The van der Waals surface area contributed by atoms with Gasteiger partial charge in [0.15, 0.2) is 0 Å². The molecule has 0 bridgehead atoms. The van der Waals surface area contributed by atoms with E-state index in [2.05, 4.69) is 53.5 Å². The molecular formula is C18H27N5O. The van der Waals surface area contributed by atoms with Gasteiger partial charge in [0.25, 0.3) is 0 Å². The van der Waals surface area contributed by atoms with Gasteiger partial charge in [0.2, 0.25) is 0 Å². The number of aromatic nitrogens is 3. The molecule has 2 aromatic heterocycles. The minimum atomic E-state index is 0.141. The third-order valence-corrected chi connectivity index (χ3v) is 4.64. The molecular weight excluding hydrogens is 302 g/mol. The third-order valence-electron chi connectivity index (χ3n) is 4.64. The Labute approximate surface area is 143 Å². The van der Waals surface area contributed by atoms with Crippen molar-refractivity contribution in [2.45, 2.75) is 32.5 Å². The highest BCUT2D eigenvalue weighted by atomic mass is 16.5. The zero-order chi connectivity index (χ0) is 16.9. The maximum absolute atomic E-state index is 6.00. The molecule has 0 unspecified atom stereocenters. The van der Waals surface area contributed by atoms with E-state index in [-0.39, 0.29) is 6.10 Å². The topological polar surface area (TPSA) is 55.2 Å². The first-order valence-electron chi connectivity index (χ1n) is 8.65. The summed E-state index contributed by atoms with van der Waals surface area (Å²) in [6, 6.07) is 4.13. The van der Waals surface area contributed by atoms with Crippen LogP contribution in [0.5, 0.6) is 0 Å². The van der Waals surface area contributed by atoms with Gasteiger partial charge in [0.05, 0.1) is 5.69 Å². The van der Waals surface area contributed by atoms with E-state index in [1.165, 1.54) is 16.9 Å². The number of hydrogen-bond donors (Lipinski definition) is 1. The molecule has 1 aliphatic rings. The van der Waals surface area contributed by atoms with Crippen LogP contribution in [0.25, 0.3) is 0 Å². The Morgan fingerprint density at radius 1 is 1.33 bits per heavy atom. The predicted octanol–water partition coefficient (Wildman–Crippen LogP) is 2.23. The summed E-state index contributed by atoms with van der Waals surface area (Å²) >= 11 is 0. The quantitative estimate of drug-likeness (QED) is 0.844. The molecule has 1 fully saturated rings. The smallest absolute Gasteiger partial charge is 0.103 e. The summed E-state index contributed by atoms with van der Waals surface area (Å²) in [6.45, 7) is 5.56. The first-order valence-corrected chi connectivity index (χ1v) is 8.65. The fraction of sp³-hybridized carbons (Fsp3) is 0.556. The summed E-state index contributed by atoms with van der Waals surface area (Å²) in [4.78, 5) is 6.38. The summed E-state index contributed by atoms with van der Waals surface area (Å²) in [5.74, 6) is 0.478. The number of nitrogens with zero attached hydrogens (tertiary/aromatic N) is 4. The summed E-state index contributed by atoms with van der Waals surface area (Å²) in [5.41, 5.74) is 3.62. The van der Waals surface area contributed by atoms with Gasteiger partial charge in [-0.1, -0.05) is 0 Å². The van der Waals surface area contributed by atoms with E-state index in [0.717, 1.165) is 32.7 Å². The van der Waals surface area contributed by atoms with Crippen molar-refractivity contribution in [3.8, 4) is 0 Å². The Hall–Kier alpha value is -1.92. The molecule has 1 saturated heterocycles. The number of nitrogens with one attached hydrogen (secondary N) is 1. The zero-order valence-electron chi connectivity index (χ0n) is 14.8. The van der Waals surface area contributed by atoms with Gasteiger partial charge < -0.3 is 15.0 Å². The fourth-order valence-electron chi connectivity index (χ4n) is 3.40. The Morgan fingerprint density at radius 3 is 3.00 bits per heavy atom. The highest BCUT2D eigenvalue weighted by Gasteiger charge is 2.31. The van der Waals surface area contributed by atoms with Gasteiger partial charge in [-0.25, -0.2) is 0 Å². The van der Waals surface area contributed by atoms with Crippen molar-refractivity contribution in [1.29, 1.82) is 0 Å². The lowest BCUT2D eigenvalue weighted by molar-refractivity contribution is 0.0830. The van der Waals surface area contributed by atoms with Crippen molar-refractivity contribution in [3.63, 3.8) is 0 Å². The molecule has 0 amide bonds. The predicted molar refractivity (Wildman–Crippen MR) is 95.0 cm³/mol. The summed E-state index contributed by atoms with van der Waals surface area (Å²) < 4.78 is 8.03. The average molecular weight is 329 g/mol. The second-order valence-electron chi connectivity index (χ2n) is 6.44. The fourth-order valence-corrected chi connectivity index (χ4v) is 3.40. The van der Waals surface area contributed by atoms with Crippen molar-refractivity contribution in [1.82, 2.24) is 20.1 Å². The molecule has 24 heavy (non-hydrogen) atoms. The number of rotatable bonds is 7. The molecule has 2 aromatic rings. The molecule has 3 heterocycles. The number of anilines is 1. The highest BCUT2D eigenvalue weighted by Crippen LogP contribution is 2.34. The summed E-state index contributed by atoms with van der Waals surface area (Å²) in [6.07, 6.45) is 6.87. The van der Waals surface area contributed by atoms with Crippen molar-refractivity contribution in [3.05, 3.63) is 42.0 Å². The number of hydrogen-bond acceptors (Lipinski definition) is 5. The Morgan fingerprint density at radius 2 is 2.21 bits per heavy atom. The molecule has 6 heteroatoms. The first kappa shape index (κ1) is 16.9. The van der Waals surface area contributed by atoms with Crippen LogP contribution >= 0.6 is 0 Å². The zero-order valence-corrected chi connectivity index (χ0v) is 14.8. The summed E-state index contributed by atoms with van der Waals surface area (Å²) in [7, 11) is 4.12. The maximum Gasteiger partial charge on any atom is 0.103 e. The van der Waals surface area contributed by atoms with Crippen LogP contribution in [0.2, 0.25) is 0 Å². The molecule has 1 N–H and O–H groups in total. The lowest BCUT2D eigenvalue weighted by Gasteiger charge is -2.21. The van der Waals surface area contributed by atoms with Crippen LogP contribution in [-0.4, -0.2) is 42.0 Å². The van der Waals surface area contributed by atoms with Crippen LogP contribution in [0.15, 0.2) is 30.7 Å². The van der Waals surface area contributed by atoms with Gasteiger partial charge >= 0.3 is 0 Å².